The third-order valence-corrected chi connectivity index (χ3v) is 3.22. The smallest absolute Gasteiger partial charge is 0.338 e. The van der Waals surface area contributed by atoms with E-state index in [-0.39, 0.29) is 10.6 Å². The van der Waals surface area contributed by atoms with Crippen molar-refractivity contribution in [2.45, 2.75) is 17.0 Å². The fourth-order valence-corrected chi connectivity index (χ4v) is 2.50. The number of halogens is 1. The molecule has 0 unspecified atom stereocenters. The molecule has 88 valence electrons. The van der Waals surface area contributed by atoms with E-state index in [0.717, 1.165) is 17.5 Å². The van der Waals surface area contributed by atoms with Gasteiger partial charge in [0.05, 0.1) is 16.3 Å². The molecule has 0 aliphatic heterocycles. The Balaban J connectivity index is 2.39. The van der Waals surface area contributed by atoms with Crippen LogP contribution >= 0.6 is 23.4 Å². The van der Waals surface area contributed by atoms with Gasteiger partial charge in [0.2, 0.25) is 0 Å². The number of aromatic carboxylic acids is 1. The number of carbonyl (C=O) groups is 1. The van der Waals surface area contributed by atoms with Gasteiger partial charge in [0.1, 0.15) is 6.26 Å². The van der Waals surface area contributed by atoms with Crippen LogP contribution < -0.4 is 0 Å². The molecule has 0 spiro atoms. The molecular formula is C11H8ClNO3S. The van der Waals surface area contributed by atoms with E-state index >= 15 is 0 Å². The van der Waals surface area contributed by atoms with Gasteiger partial charge in [-0.3, -0.25) is 0 Å². The Bertz CT molecular complexity index is 568. The number of hydrogen-bond donors (Lipinski definition) is 1. The minimum atomic E-state index is -1.07. The first-order valence-electron chi connectivity index (χ1n) is 4.69. The lowest BCUT2D eigenvalue weighted by atomic mass is 10.2. The minimum absolute atomic E-state index is 0.0648. The molecule has 1 N–H and O–H groups in total. The van der Waals surface area contributed by atoms with Crippen LogP contribution in [-0.2, 0) is 0 Å². The molecule has 6 heteroatoms. The van der Waals surface area contributed by atoms with E-state index in [4.69, 9.17) is 21.1 Å². The van der Waals surface area contributed by atoms with Crippen LogP contribution in [0.5, 0.6) is 0 Å². The van der Waals surface area contributed by atoms with Crippen molar-refractivity contribution in [3.63, 3.8) is 0 Å². The molecule has 4 nitrogen and oxygen atoms in total. The summed E-state index contributed by atoms with van der Waals surface area (Å²) < 4.78 is 5.16. The standard InChI is InChI=1S/C11H8ClNO3S/c1-6-5-16-11(13-6)17-8-4-2-3-7(12)9(8)10(14)15/h2-5H,1H3,(H,14,15). The van der Waals surface area contributed by atoms with Gasteiger partial charge in [0.15, 0.2) is 0 Å². The largest absolute Gasteiger partial charge is 0.478 e. The van der Waals surface area contributed by atoms with Crippen LogP contribution in [-0.4, -0.2) is 16.1 Å². The van der Waals surface area contributed by atoms with E-state index in [1.54, 1.807) is 19.1 Å². The molecule has 0 saturated heterocycles. The summed E-state index contributed by atoms with van der Waals surface area (Å²) >= 11 is 6.99. The molecular weight excluding hydrogens is 262 g/mol. The second kappa shape index (κ2) is 4.81. The lowest BCUT2D eigenvalue weighted by Crippen LogP contribution is -1.99. The monoisotopic (exact) mass is 269 g/mol. The Labute approximate surface area is 107 Å². The van der Waals surface area contributed by atoms with Crippen molar-refractivity contribution < 1.29 is 14.3 Å². The molecule has 1 heterocycles. The number of oxazole rings is 1. The number of aryl methyl sites for hydroxylation is 1. The van der Waals surface area contributed by atoms with Crippen LogP contribution in [0, 0.1) is 6.92 Å². The minimum Gasteiger partial charge on any atom is -0.478 e. The van der Waals surface area contributed by atoms with Gasteiger partial charge < -0.3 is 9.52 Å². The molecule has 2 rings (SSSR count). The molecule has 1 aromatic heterocycles. The highest BCUT2D eigenvalue weighted by Gasteiger charge is 2.16. The molecule has 0 fully saturated rings. The Morgan fingerprint density at radius 3 is 2.88 bits per heavy atom. The fourth-order valence-electron chi connectivity index (χ4n) is 1.27. The molecule has 0 aliphatic carbocycles. The first kappa shape index (κ1) is 12.0. The van der Waals surface area contributed by atoms with Crippen LogP contribution in [0.25, 0.3) is 0 Å². The van der Waals surface area contributed by atoms with E-state index in [1.165, 1.54) is 12.3 Å². The molecule has 0 radical (unpaired) electrons. The zero-order chi connectivity index (χ0) is 12.4. The number of rotatable bonds is 3. The summed E-state index contributed by atoms with van der Waals surface area (Å²) in [4.78, 5) is 15.7. The lowest BCUT2D eigenvalue weighted by Gasteiger charge is -2.04. The summed E-state index contributed by atoms with van der Waals surface area (Å²) in [5, 5.41) is 9.68. The van der Waals surface area contributed by atoms with Gasteiger partial charge >= 0.3 is 5.97 Å². The third kappa shape index (κ3) is 2.62. The van der Waals surface area contributed by atoms with Gasteiger partial charge in [-0.1, -0.05) is 17.7 Å². The van der Waals surface area contributed by atoms with E-state index in [0.29, 0.717) is 10.1 Å². The zero-order valence-corrected chi connectivity index (χ0v) is 10.4. The summed E-state index contributed by atoms with van der Waals surface area (Å²) in [6.07, 6.45) is 1.51. The number of carboxylic acid groups (broad SMARTS) is 1. The van der Waals surface area contributed by atoms with E-state index in [2.05, 4.69) is 4.98 Å². The van der Waals surface area contributed by atoms with Crippen molar-refractivity contribution in [2.24, 2.45) is 0 Å². The van der Waals surface area contributed by atoms with Crippen LogP contribution in [0.4, 0.5) is 0 Å². The zero-order valence-electron chi connectivity index (χ0n) is 8.81. The normalized spacial score (nSPS) is 10.5. The van der Waals surface area contributed by atoms with E-state index < -0.39 is 5.97 Å². The number of benzene rings is 1. The molecule has 0 aliphatic rings. The average molecular weight is 270 g/mol. The van der Waals surface area contributed by atoms with Gasteiger partial charge in [0.25, 0.3) is 5.22 Å². The second-order valence-corrected chi connectivity index (χ2v) is 4.68. The maximum absolute atomic E-state index is 11.1. The molecule has 0 bridgehead atoms. The molecule has 17 heavy (non-hydrogen) atoms. The summed E-state index contributed by atoms with van der Waals surface area (Å²) in [5.74, 6) is -1.07. The number of nitrogens with zero attached hydrogens (tertiary/aromatic N) is 1. The molecule has 1 aromatic carbocycles. The summed E-state index contributed by atoms with van der Waals surface area (Å²) in [5.41, 5.74) is 0.807. The van der Waals surface area contributed by atoms with Crippen molar-refractivity contribution >= 4 is 29.3 Å². The first-order chi connectivity index (χ1) is 8.08. The maximum atomic E-state index is 11.1. The van der Waals surface area contributed by atoms with Gasteiger partial charge in [-0.15, -0.1) is 0 Å². The Morgan fingerprint density at radius 1 is 1.53 bits per heavy atom. The molecule has 0 atom stereocenters. The lowest BCUT2D eigenvalue weighted by molar-refractivity contribution is 0.0693. The number of carboxylic acids is 1. The highest BCUT2D eigenvalue weighted by molar-refractivity contribution is 7.99. The highest BCUT2D eigenvalue weighted by atomic mass is 35.5. The summed E-state index contributed by atoms with van der Waals surface area (Å²) in [6, 6.07) is 4.89. The van der Waals surface area contributed by atoms with Crippen molar-refractivity contribution in [1.82, 2.24) is 4.98 Å². The Morgan fingerprint density at radius 2 is 2.29 bits per heavy atom. The summed E-state index contributed by atoms with van der Waals surface area (Å²) in [6.45, 7) is 1.80. The van der Waals surface area contributed by atoms with Crippen molar-refractivity contribution in [2.75, 3.05) is 0 Å². The SMILES string of the molecule is Cc1coc(Sc2cccc(Cl)c2C(=O)O)n1. The third-order valence-electron chi connectivity index (χ3n) is 1.98. The second-order valence-electron chi connectivity index (χ2n) is 3.27. The number of aromatic nitrogens is 1. The predicted molar refractivity (Wildman–Crippen MR) is 63.8 cm³/mol. The Hall–Kier alpha value is -1.46. The van der Waals surface area contributed by atoms with Crippen molar-refractivity contribution in [3.8, 4) is 0 Å². The van der Waals surface area contributed by atoms with Crippen LogP contribution in [0.1, 0.15) is 16.1 Å². The number of hydrogen-bond acceptors (Lipinski definition) is 4. The topological polar surface area (TPSA) is 63.3 Å². The van der Waals surface area contributed by atoms with Crippen molar-refractivity contribution in [1.29, 1.82) is 0 Å². The molecule has 0 saturated carbocycles. The van der Waals surface area contributed by atoms with Crippen LogP contribution in [0.3, 0.4) is 0 Å². The fraction of sp³-hybridized carbons (Fsp3) is 0.0909. The van der Waals surface area contributed by atoms with E-state index in [1.807, 2.05) is 0 Å². The van der Waals surface area contributed by atoms with Gasteiger partial charge in [-0.25, -0.2) is 9.78 Å². The maximum Gasteiger partial charge on any atom is 0.338 e. The van der Waals surface area contributed by atoms with Crippen LogP contribution in [0.2, 0.25) is 5.02 Å². The van der Waals surface area contributed by atoms with Crippen molar-refractivity contribution in [3.05, 3.63) is 40.7 Å². The Kier molecular flexibility index (Phi) is 3.40. The summed E-state index contributed by atoms with van der Waals surface area (Å²) in [7, 11) is 0. The average Bonchev–Trinajstić information content (AvgIpc) is 2.63. The highest BCUT2D eigenvalue weighted by Crippen LogP contribution is 2.33. The quantitative estimate of drug-likeness (QED) is 0.924. The van der Waals surface area contributed by atoms with Gasteiger partial charge in [-0.05, 0) is 30.8 Å². The predicted octanol–water partition coefficient (Wildman–Crippen LogP) is 3.49. The van der Waals surface area contributed by atoms with Gasteiger partial charge in [0, 0.05) is 4.90 Å². The first-order valence-corrected chi connectivity index (χ1v) is 5.89. The molecule has 0 amide bonds. The van der Waals surface area contributed by atoms with E-state index in [9.17, 15) is 4.79 Å². The molecule has 2 aromatic rings. The van der Waals surface area contributed by atoms with Crippen LogP contribution in [0.15, 0.2) is 39.0 Å². The van der Waals surface area contributed by atoms with Gasteiger partial charge in [-0.2, -0.15) is 0 Å².